The second-order valence-corrected chi connectivity index (χ2v) is 7.44. The molecule has 0 unspecified atom stereocenters. The van der Waals surface area contributed by atoms with Gasteiger partial charge in [0.05, 0.1) is 12.1 Å². The Balaban J connectivity index is 3.25. The number of aromatic carboxylic acids is 1. The van der Waals surface area contributed by atoms with Gasteiger partial charge in [-0.2, -0.15) is 4.31 Å². The summed E-state index contributed by atoms with van der Waals surface area (Å²) in [6.45, 7) is 3.10. The van der Waals surface area contributed by atoms with Crippen LogP contribution >= 0.6 is 11.3 Å². The van der Waals surface area contributed by atoms with E-state index in [-0.39, 0.29) is 12.5 Å². The van der Waals surface area contributed by atoms with Crippen LogP contribution in [0.25, 0.3) is 0 Å². The third-order valence-electron chi connectivity index (χ3n) is 2.21. The lowest BCUT2D eigenvalue weighted by molar-refractivity contribution is -0.118. The molecular formula is C10H15N3O5S2. The van der Waals surface area contributed by atoms with Crippen LogP contribution in [0.3, 0.4) is 0 Å². The zero-order valence-corrected chi connectivity index (χ0v) is 12.6. The SMILES string of the molecule is CC(C)CN(CC(N)=O)S(=O)(=O)c1scnc1C(=O)O. The lowest BCUT2D eigenvalue weighted by Gasteiger charge is -2.21. The standard InChI is InChI=1S/C10H15N3O5S2/c1-6(2)3-13(4-7(11)14)20(17,18)10-8(9(15)16)12-5-19-10/h5-6H,3-4H2,1-2H3,(H2,11,14)(H,15,16). The third kappa shape index (κ3) is 3.74. The maximum absolute atomic E-state index is 12.4. The summed E-state index contributed by atoms with van der Waals surface area (Å²) in [5.41, 5.74) is 5.63. The normalized spacial score (nSPS) is 12.0. The number of hydrogen-bond acceptors (Lipinski definition) is 6. The summed E-state index contributed by atoms with van der Waals surface area (Å²) in [4.78, 5) is 25.5. The van der Waals surface area contributed by atoms with E-state index in [0.29, 0.717) is 11.3 Å². The number of rotatable bonds is 7. The number of carboxylic acid groups (broad SMARTS) is 1. The first-order chi connectivity index (χ1) is 9.16. The minimum Gasteiger partial charge on any atom is -0.476 e. The molecule has 10 heteroatoms. The number of primary amides is 1. The molecule has 112 valence electrons. The van der Waals surface area contributed by atoms with Gasteiger partial charge < -0.3 is 10.8 Å². The molecule has 0 saturated heterocycles. The molecule has 1 heterocycles. The first-order valence-electron chi connectivity index (χ1n) is 5.61. The molecule has 8 nitrogen and oxygen atoms in total. The Labute approximate surface area is 120 Å². The summed E-state index contributed by atoms with van der Waals surface area (Å²) < 4.78 is 25.3. The van der Waals surface area contributed by atoms with Gasteiger partial charge in [0, 0.05) is 6.54 Å². The first kappa shape index (κ1) is 16.5. The molecule has 1 aromatic rings. The van der Waals surface area contributed by atoms with Gasteiger partial charge in [-0.1, -0.05) is 13.8 Å². The molecule has 1 rings (SSSR count). The highest BCUT2D eigenvalue weighted by atomic mass is 32.2. The van der Waals surface area contributed by atoms with Crippen molar-refractivity contribution in [3.63, 3.8) is 0 Å². The van der Waals surface area contributed by atoms with E-state index in [1.54, 1.807) is 13.8 Å². The summed E-state index contributed by atoms with van der Waals surface area (Å²) in [5.74, 6) is -2.30. The molecule has 1 aromatic heterocycles. The predicted octanol–water partition coefficient (Wildman–Crippen LogP) is -0.0267. The number of aromatic nitrogens is 1. The molecule has 0 spiro atoms. The summed E-state index contributed by atoms with van der Waals surface area (Å²) >= 11 is 0.694. The number of nitrogens with two attached hydrogens (primary N) is 1. The van der Waals surface area contributed by atoms with E-state index in [1.807, 2.05) is 0 Å². The Morgan fingerprint density at radius 2 is 2.10 bits per heavy atom. The number of carbonyl (C=O) groups excluding carboxylic acids is 1. The number of nitrogens with zero attached hydrogens (tertiary/aromatic N) is 2. The van der Waals surface area contributed by atoms with E-state index >= 15 is 0 Å². The van der Waals surface area contributed by atoms with Crippen LogP contribution in [-0.2, 0) is 14.8 Å². The zero-order chi connectivity index (χ0) is 15.5. The van der Waals surface area contributed by atoms with Gasteiger partial charge >= 0.3 is 5.97 Å². The Hall–Kier alpha value is -1.52. The van der Waals surface area contributed by atoms with Crippen LogP contribution in [0.5, 0.6) is 0 Å². The average molecular weight is 321 g/mol. The van der Waals surface area contributed by atoms with Crippen molar-refractivity contribution in [2.24, 2.45) is 11.7 Å². The molecule has 0 aromatic carbocycles. The summed E-state index contributed by atoms with van der Waals surface area (Å²) in [7, 11) is -4.12. The van der Waals surface area contributed by atoms with Crippen molar-refractivity contribution in [3.8, 4) is 0 Å². The second kappa shape index (κ2) is 6.29. The molecule has 1 amide bonds. The highest BCUT2D eigenvalue weighted by molar-refractivity contribution is 7.91. The largest absolute Gasteiger partial charge is 0.476 e. The van der Waals surface area contributed by atoms with Crippen LogP contribution in [0.1, 0.15) is 24.3 Å². The van der Waals surface area contributed by atoms with E-state index in [9.17, 15) is 18.0 Å². The van der Waals surface area contributed by atoms with Gasteiger partial charge in [-0.25, -0.2) is 18.2 Å². The third-order valence-corrected chi connectivity index (χ3v) is 5.37. The summed E-state index contributed by atoms with van der Waals surface area (Å²) in [6, 6.07) is 0. The van der Waals surface area contributed by atoms with Gasteiger partial charge in [-0.05, 0) is 5.92 Å². The van der Waals surface area contributed by atoms with Crippen LogP contribution in [0.4, 0.5) is 0 Å². The van der Waals surface area contributed by atoms with Crippen LogP contribution in [0.15, 0.2) is 9.72 Å². The van der Waals surface area contributed by atoms with Crippen LogP contribution in [-0.4, -0.2) is 47.8 Å². The highest BCUT2D eigenvalue weighted by Gasteiger charge is 2.32. The van der Waals surface area contributed by atoms with Gasteiger partial charge in [0.2, 0.25) is 5.91 Å². The van der Waals surface area contributed by atoms with Crippen molar-refractivity contribution in [1.82, 2.24) is 9.29 Å². The van der Waals surface area contributed by atoms with Crippen molar-refractivity contribution in [1.29, 1.82) is 0 Å². The Bertz CT molecular complexity index is 608. The Kier molecular flexibility index (Phi) is 5.20. The number of hydrogen-bond donors (Lipinski definition) is 2. The van der Waals surface area contributed by atoms with E-state index in [4.69, 9.17) is 10.8 Å². The smallest absolute Gasteiger partial charge is 0.356 e. The van der Waals surface area contributed by atoms with Gasteiger partial charge in [0.1, 0.15) is 0 Å². The number of carboxylic acids is 1. The zero-order valence-electron chi connectivity index (χ0n) is 10.9. The number of thiazole rings is 1. The average Bonchev–Trinajstić information content (AvgIpc) is 2.76. The lowest BCUT2D eigenvalue weighted by Crippen LogP contribution is -2.40. The highest BCUT2D eigenvalue weighted by Crippen LogP contribution is 2.24. The minimum absolute atomic E-state index is 0.0506. The molecule has 3 N–H and O–H groups in total. The monoisotopic (exact) mass is 321 g/mol. The first-order valence-corrected chi connectivity index (χ1v) is 7.93. The maximum atomic E-state index is 12.4. The summed E-state index contributed by atoms with van der Waals surface area (Å²) in [6.07, 6.45) is 0. The van der Waals surface area contributed by atoms with Crippen molar-refractivity contribution in [2.75, 3.05) is 13.1 Å². The number of amides is 1. The quantitative estimate of drug-likeness (QED) is 0.725. The molecule has 0 aliphatic rings. The molecule has 20 heavy (non-hydrogen) atoms. The number of sulfonamides is 1. The predicted molar refractivity (Wildman–Crippen MR) is 71.9 cm³/mol. The fourth-order valence-electron chi connectivity index (χ4n) is 1.51. The molecule has 0 fully saturated rings. The van der Waals surface area contributed by atoms with E-state index in [2.05, 4.69) is 4.98 Å². The second-order valence-electron chi connectivity index (χ2n) is 4.45. The molecule has 0 radical (unpaired) electrons. The molecule has 0 saturated carbocycles. The number of carbonyl (C=O) groups is 2. The van der Waals surface area contributed by atoms with Crippen molar-refractivity contribution in [3.05, 3.63) is 11.2 Å². The van der Waals surface area contributed by atoms with Crippen LogP contribution in [0, 0.1) is 5.92 Å². The van der Waals surface area contributed by atoms with E-state index in [0.717, 1.165) is 9.82 Å². The maximum Gasteiger partial charge on any atom is 0.356 e. The molecule has 0 bridgehead atoms. The van der Waals surface area contributed by atoms with Crippen molar-refractivity contribution >= 4 is 33.2 Å². The minimum atomic E-state index is -4.12. The fourth-order valence-corrected chi connectivity index (χ4v) is 4.35. The summed E-state index contributed by atoms with van der Waals surface area (Å²) in [5, 5.41) is 8.93. The van der Waals surface area contributed by atoms with Gasteiger partial charge in [-0.15, -0.1) is 11.3 Å². The van der Waals surface area contributed by atoms with Crippen LogP contribution < -0.4 is 5.73 Å². The van der Waals surface area contributed by atoms with Crippen molar-refractivity contribution < 1.29 is 23.1 Å². The Morgan fingerprint density at radius 1 is 1.50 bits per heavy atom. The topological polar surface area (TPSA) is 131 Å². The van der Waals surface area contributed by atoms with Crippen molar-refractivity contribution in [2.45, 2.75) is 18.1 Å². The molecule has 0 aliphatic carbocycles. The molecule has 0 aliphatic heterocycles. The van der Waals surface area contributed by atoms with E-state index < -0.39 is 38.3 Å². The van der Waals surface area contributed by atoms with Gasteiger partial charge in [0.25, 0.3) is 10.0 Å². The molecule has 0 atom stereocenters. The van der Waals surface area contributed by atoms with Gasteiger partial charge in [-0.3, -0.25) is 4.79 Å². The Morgan fingerprint density at radius 3 is 2.55 bits per heavy atom. The van der Waals surface area contributed by atoms with Gasteiger partial charge in [0.15, 0.2) is 9.90 Å². The van der Waals surface area contributed by atoms with E-state index in [1.165, 1.54) is 0 Å². The lowest BCUT2D eigenvalue weighted by atomic mass is 10.2. The fraction of sp³-hybridized carbons (Fsp3) is 0.500. The van der Waals surface area contributed by atoms with Crippen LogP contribution in [0.2, 0.25) is 0 Å². The molecular weight excluding hydrogens is 306 g/mol.